The molecule has 1 spiro atoms. The van der Waals surface area contributed by atoms with E-state index in [0.29, 0.717) is 17.4 Å². The van der Waals surface area contributed by atoms with Crippen molar-refractivity contribution in [3.05, 3.63) is 11.3 Å². The largest absolute Gasteiger partial charge is 0.368 e. The molecule has 5 heteroatoms. The maximum Gasteiger partial charge on any atom is 0.222 e. The van der Waals surface area contributed by atoms with E-state index >= 15 is 0 Å². The quantitative estimate of drug-likeness (QED) is 0.830. The summed E-state index contributed by atoms with van der Waals surface area (Å²) in [5, 5.41) is 3.55. The first kappa shape index (κ1) is 14.0. The molecule has 0 amide bonds. The average Bonchev–Trinajstić information content (AvgIpc) is 3.24. The zero-order chi connectivity index (χ0) is 15.4. The molecule has 2 atom stereocenters. The van der Waals surface area contributed by atoms with Gasteiger partial charge in [0, 0.05) is 36.7 Å². The first-order chi connectivity index (χ1) is 11.3. The molecule has 3 heterocycles. The van der Waals surface area contributed by atoms with Gasteiger partial charge in [-0.3, -0.25) is 0 Å². The first-order valence-electron chi connectivity index (χ1n) is 9.41. The van der Waals surface area contributed by atoms with Crippen LogP contribution in [0.1, 0.15) is 56.2 Å². The van der Waals surface area contributed by atoms with Gasteiger partial charge in [0.2, 0.25) is 5.95 Å². The van der Waals surface area contributed by atoms with Crippen molar-refractivity contribution in [3.63, 3.8) is 0 Å². The number of nitrogen functional groups attached to an aromatic ring is 1. The number of anilines is 2. The lowest BCUT2D eigenvalue weighted by Crippen LogP contribution is -2.38. The SMILES string of the molecule is Nc1nc(N2CCC3CNCC32)c2c(n1)C1(CCCC1)CCC2. The van der Waals surface area contributed by atoms with Gasteiger partial charge in [-0.25, -0.2) is 4.98 Å². The van der Waals surface area contributed by atoms with Gasteiger partial charge in [-0.05, 0) is 44.4 Å². The van der Waals surface area contributed by atoms with Gasteiger partial charge in [0.05, 0.1) is 5.69 Å². The molecule has 124 valence electrons. The third-order valence-electron chi connectivity index (χ3n) is 6.87. The van der Waals surface area contributed by atoms with Crippen molar-refractivity contribution in [2.24, 2.45) is 5.92 Å². The number of rotatable bonds is 1. The van der Waals surface area contributed by atoms with Crippen LogP contribution in [0.25, 0.3) is 0 Å². The third kappa shape index (κ3) is 2.02. The van der Waals surface area contributed by atoms with Gasteiger partial charge >= 0.3 is 0 Å². The fourth-order valence-electron chi connectivity index (χ4n) is 5.77. The van der Waals surface area contributed by atoms with Gasteiger partial charge in [0.25, 0.3) is 0 Å². The Morgan fingerprint density at radius 3 is 2.78 bits per heavy atom. The molecule has 4 aliphatic rings. The van der Waals surface area contributed by atoms with Crippen molar-refractivity contribution in [2.45, 2.75) is 62.8 Å². The van der Waals surface area contributed by atoms with E-state index in [1.54, 1.807) is 0 Å². The number of aromatic nitrogens is 2. The standard InChI is InChI=1S/C18H27N5/c19-17-21-15-13(4-3-8-18(15)6-1-2-7-18)16(22-17)23-9-5-12-10-20-11-14(12)23/h12,14,20H,1-11H2,(H2,19,21,22). The monoisotopic (exact) mass is 313 g/mol. The Hall–Kier alpha value is -1.36. The summed E-state index contributed by atoms with van der Waals surface area (Å²) in [4.78, 5) is 12.1. The van der Waals surface area contributed by atoms with Crippen molar-refractivity contribution in [3.8, 4) is 0 Å². The molecule has 5 nitrogen and oxygen atoms in total. The zero-order valence-corrected chi connectivity index (χ0v) is 13.9. The minimum atomic E-state index is 0.312. The first-order valence-corrected chi connectivity index (χ1v) is 9.41. The van der Waals surface area contributed by atoms with Gasteiger partial charge in [-0.15, -0.1) is 0 Å². The minimum Gasteiger partial charge on any atom is -0.368 e. The lowest BCUT2D eigenvalue weighted by Gasteiger charge is -2.37. The van der Waals surface area contributed by atoms with Crippen LogP contribution < -0.4 is 16.0 Å². The third-order valence-corrected chi connectivity index (χ3v) is 6.87. The number of nitrogens with one attached hydrogen (secondary N) is 1. The van der Waals surface area contributed by atoms with Gasteiger partial charge in [-0.2, -0.15) is 4.98 Å². The van der Waals surface area contributed by atoms with E-state index < -0.39 is 0 Å². The molecule has 5 rings (SSSR count). The van der Waals surface area contributed by atoms with Gasteiger partial charge < -0.3 is 16.0 Å². The molecule has 23 heavy (non-hydrogen) atoms. The predicted molar refractivity (Wildman–Crippen MR) is 91.6 cm³/mol. The van der Waals surface area contributed by atoms with Crippen molar-refractivity contribution in [1.82, 2.24) is 15.3 Å². The average molecular weight is 313 g/mol. The molecule has 3 N–H and O–H groups in total. The maximum absolute atomic E-state index is 6.17. The van der Waals surface area contributed by atoms with Gasteiger partial charge in [0.15, 0.2) is 0 Å². The van der Waals surface area contributed by atoms with Gasteiger partial charge in [0.1, 0.15) is 5.82 Å². The van der Waals surface area contributed by atoms with Crippen LogP contribution in [-0.4, -0.2) is 35.6 Å². The minimum absolute atomic E-state index is 0.312. The predicted octanol–water partition coefficient (Wildman–Crippen LogP) is 2.00. The summed E-state index contributed by atoms with van der Waals surface area (Å²) in [6.07, 6.45) is 10.3. The van der Waals surface area contributed by atoms with Crippen LogP contribution in [0, 0.1) is 5.92 Å². The molecule has 2 saturated heterocycles. The molecule has 0 aromatic carbocycles. The van der Waals surface area contributed by atoms with E-state index in [1.165, 1.54) is 62.0 Å². The lowest BCUT2D eigenvalue weighted by molar-refractivity contribution is 0.357. The Kier molecular flexibility index (Phi) is 3.09. The van der Waals surface area contributed by atoms with E-state index in [1.807, 2.05) is 0 Å². The summed E-state index contributed by atoms with van der Waals surface area (Å²) in [6.45, 7) is 3.38. The van der Waals surface area contributed by atoms with Crippen molar-refractivity contribution >= 4 is 11.8 Å². The lowest BCUT2D eigenvalue weighted by atomic mass is 9.71. The molecule has 2 aliphatic heterocycles. The highest BCUT2D eigenvalue weighted by molar-refractivity contribution is 5.56. The molecule has 1 aromatic rings. The van der Waals surface area contributed by atoms with Crippen LogP contribution in [0.2, 0.25) is 0 Å². The smallest absolute Gasteiger partial charge is 0.222 e. The Balaban J connectivity index is 1.61. The molecule has 3 fully saturated rings. The van der Waals surface area contributed by atoms with Crippen LogP contribution in [-0.2, 0) is 11.8 Å². The van der Waals surface area contributed by atoms with Gasteiger partial charge in [-0.1, -0.05) is 12.8 Å². The Labute approximate surface area is 138 Å². The van der Waals surface area contributed by atoms with Crippen molar-refractivity contribution in [1.29, 1.82) is 0 Å². The molecule has 2 unspecified atom stereocenters. The summed E-state index contributed by atoms with van der Waals surface area (Å²) in [6, 6.07) is 0.606. The van der Waals surface area contributed by atoms with E-state index in [2.05, 4.69) is 10.2 Å². The van der Waals surface area contributed by atoms with E-state index in [9.17, 15) is 0 Å². The summed E-state index contributed by atoms with van der Waals surface area (Å²) < 4.78 is 0. The highest BCUT2D eigenvalue weighted by Gasteiger charge is 2.44. The van der Waals surface area contributed by atoms with Crippen molar-refractivity contribution in [2.75, 3.05) is 30.3 Å². The number of hydrogen-bond acceptors (Lipinski definition) is 5. The zero-order valence-electron chi connectivity index (χ0n) is 13.9. The summed E-state index contributed by atoms with van der Waals surface area (Å²) >= 11 is 0. The molecule has 0 bridgehead atoms. The normalized spacial score (nSPS) is 31.6. The summed E-state index contributed by atoms with van der Waals surface area (Å²) in [7, 11) is 0. The summed E-state index contributed by atoms with van der Waals surface area (Å²) in [5.74, 6) is 2.45. The fraction of sp³-hybridized carbons (Fsp3) is 0.778. The van der Waals surface area contributed by atoms with Crippen LogP contribution >= 0.6 is 0 Å². The Bertz CT molecular complexity index is 622. The molecular weight excluding hydrogens is 286 g/mol. The molecular formula is C18H27N5. The van der Waals surface area contributed by atoms with E-state index in [-0.39, 0.29) is 0 Å². The highest BCUT2D eigenvalue weighted by Crippen LogP contribution is 2.50. The fourth-order valence-corrected chi connectivity index (χ4v) is 5.77. The summed E-state index contributed by atoms with van der Waals surface area (Å²) in [5.41, 5.74) is 9.23. The second kappa shape index (κ2) is 5.07. The second-order valence-electron chi connectivity index (χ2n) is 8.04. The number of hydrogen-bond donors (Lipinski definition) is 2. The highest BCUT2D eigenvalue weighted by atomic mass is 15.3. The van der Waals surface area contributed by atoms with Crippen LogP contribution in [0.5, 0.6) is 0 Å². The van der Waals surface area contributed by atoms with Crippen LogP contribution in [0.4, 0.5) is 11.8 Å². The number of nitrogens with zero attached hydrogens (tertiary/aromatic N) is 3. The topological polar surface area (TPSA) is 67.1 Å². The van der Waals surface area contributed by atoms with Crippen molar-refractivity contribution < 1.29 is 0 Å². The maximum atomic E-state index is 6.17. The Morgan fingerprint density at radius 2 is 1.91 bits per heavy atom. The number of nitrogens with two attached hydrogens (primary N) is 1. The molecule has 0 radical (unpaired) electrons. The molecule has 1 aromatic heterocycles. The number of fused-ring (bicyclic) bond motifs is 3. The Morgan fingerprint density at radius 1 is 1.09 bits per heavy atom. The molecule has 2 aliphatic carbocycles. The van der Waals surface area contributed by atoms with E-state index in [0.717, 1.165) is 32.0 Å². The molecule has 1 saturated carbocycles. The van der Waals surface area contributed by atoms with Crippen LogP contribution in [0.15, 0.2) is 0 Å². The van der Waals surface area contributed by atoms with Crippen LogP contribution in [0.3, 0.4) is 0 Å². The van der Waals surface area contributed by atoms with E-state index in [4.69, 9.17) is 15.7 Å². The second-order valence-corrected chi connectivity index (χ2v) is 8.04.